The molecule has 4 rings (SSSR count). The van der Waals surface area contributed by atoms with Crippen LogP contribution in [0.3, 0.4) is 0 Å². The highest BCUT2D eigenvalue weighted by Gasteiger charge is 2.44. The summed E-state index contributed by atoms with van der Waals surface area (Å²) in [6.45, 7) is 1.01. The number of rotatable bonds is 6. The van der Waals surface area contributed by atoms with Gasteiger partial charge in [-0.3, -0.25) is 4.99 Å². The monoisotopic (exact) mass is 429 g/mol. The van der Waals surface area contributed by atoms with Crippen LogP contribution in [0.5, 0.6) is 5.75 Å². The first-order valence-electron chi connectivity index (χ1n) is 11.3. The second-order valence-corrected chi connectivity index (χ2v) is 8.43. The summed E-state index contributed by atoms with van der Waals surface area (Å²) in [6.07, 6.45) is 12.0. The van der Waals surface area contributed by atoms with Crippen molar-refractivity contribution in [3.8, 4) is 18.1 Å². The Morgan fingerprint density at radius 2 is 1.81 bits per heavy atom. The lowest BCUT2D eigenvalue weighted by Crippen LogP contribution is -2.39. The van der Waals surface area contributed by atoms with E-state index in [1.165, 1.54) is 41.8 Å². The van der Waals surface area contributed by atoms with E-state index in [4.69, 9.17) is 16.9 Å². The highest BCUT2D eigenvalue weighted by atomic mass is 16.5. The first kappa shape index (κ1) is 21.9. The first-order chi connectivity index (χ1) is 15.6. The van der Waals surface area contributed by atoms with Gasteiger partial charge in [0.2, 0.25) is 0 Å². The minimum Gasteiger partial charge on any atom is -0.481 e. The molecule has 1 spiro atoms. The molecule has 1 saturated carbocycles. The van der Waals surface area contributed by atoms with Gasteiger partial charge in [-0.05, 0) is 60.4 Å². The molecule has 1 aliphatic carbocycles. The topological polar surface area (TPSA) is 75.6 Å². The molecular formula is C26H31N5O. The summed E-state index contributed by atoms with van der Waals surface area (Å²) in [4.78, 5) is 6.52. The molecule has 1 aliphatic heterocycles. The number of benzene rings is 2. The molecule has 2 aromatic carbocycles. The molecule has 0 radical (unpaired) electrons. The molecule has 2 aromatic rings. The Bertz CT molecular complexity index is 1080. The quantitative estimate of drug-likeness (QED) is 0.285. The molecule has 1 fully saturated rings. The van der Waals surface area contributed by atoms with Crippen molar-refractivity contribution in [3.05, 3.63) is 47.5 Å². The fourth-order valence-electron chi connectivity index (χ4n) is 5.22. The Hall–Kier alpha value is -3.33. The van der Waals surface area contributed by atoms with Gasteiger partial charge in [0.15, 0.2) is 0 Å². The number of anilines is 2. The van der Waals surface area contributed by atoms with E-state index in [1.54, 1.807) is 14.1 Å². The number of amidine groups is 1. The first-order valence-corrected chi connectivity index (χ1v) is 11.3. The van der Waals surface area contributed by atoms with Crippen LogP contribution in [0.4, 0.5) is 17.1 Å². The van der Waals surface area contributed by atoms with Crippen molar-refractivity contribution < 1.29 is 4.74 Å². The van der Waals surface area contributed by atoms with Crippen LogP contribution in [0.1, 0.15) is 49.7 Å². The highest BCUT2D eigenvalue weighted by Crippen LogP contribution is 2.56. The maximum absolute atomic E-state index is 6.07. The number of nitrogens with zero attached hydrogens (tertiary/aromatic N) is 4. The third-order valence-electron chi connectivity index (χ3n) is 6.68. The van der Waals surface area contributed by atoms with Gasteiger partial charge in [0, 0.05) is 43.9 Å². The van der Waals surface area contributed by atoms with Gasteiger partial charge >= 0.3 is 0 Å². The smallest absolute Gasteiger partial charge is 0.148 e. The molecule has 0 aromatic heterocycles. The van der Waals surface area contributed by atoms with E-state index in [9.17, 15) is 0 Å². The van der Waals surface area contributed by atoms with Gasteiger partial charge in [-0.1, -0.05) is 25.2 Å². The number of nitrogens with two attached hydrogens (primary N) is 1. The Morgan fingerprint density at radius 3 is 2.50 bits per heavy atom. The van der Waals surface area contributed by atoms with E-state index in [1.807, 2.05) is 12.1 Å². The molecular weight excluding hydrogens is 398 g/mol. The number of azo groups is 1. The summed E-state index contributed by atoms with van der Waals surface area (Å²) in [5, 5.41) is 8.35. The minimum absolute atomic E-state index is 0.0708. The van der Waals surface area contributed by atoms with Gasteiger partial charge < -0.3 is 15.4 Å². The standard InChI is InChI=1S/C26H31N5O/c1-4-16-32-20-9-11-24-22(18-20)26(13-6-5-7-14-26)21-17-19(30-29-3)8-10-23(21)31(24)15-12-25(27)28-2/h1,8-11,17-18H,5-7,12-16H2,2-3H3,(H2,27,28). The van der Waals surface area contributed by atoms with Crippen molar-refractivity contribution in [2.45, 2.75) is 43.9 Å². The molecule has 0 atom stereocenters. The molecule has 2 N–H and O–H groups in total. The molecule has 6 nitrogen and oxygen atoms in total. The van der Waals surface area contributed by atoms with Gasteiger partial charge in [0.25, 0.3) is 0 Å². The zero-order valence-electron chi connectivity index (χ0n) is 19.0. The van der Waals surface area contributed by atoms with E-state index in [-0.39, 0.29) is 12.0 Å². The lowest BCUT2D eigenvalue weighted by molar-refractivity contribution is 0.338. The third-order valence-corrected chi connectivity index (χ3v) is 6.68. The average Bonchev–Trinajstić information content (AvgIpc) is 2.83. The highest BCUT2D eigenvalue weighted by molar-refractivity contribution is 5.84. The van der Waals surface area contributed by atoms with Crippen molar-refractivity contribution in [1.29, 1.82) is 0 Å². The molecule has 2 aliphatic rings. The molecule has 0 bridgehead atoms. The summed E-state index contributed by atoms with van der Waals surface area (Å²) in [5.41, 5.74) is 11.9. The zero-order valence-corrected chi connectivity index (χ0v) is 19.0. The van der Waals surface area contributed by atoms with Gasteiger partial charge in [0.05, 0.1) is 11.5 Å². The Kier molecular flexibility index (Phi) is 6.45. The fraction of sp³-hybridized carbons (Fsp3) is 0.423. The maximum Gasteiger partial charge on any atom is 0.148 e. The predicted molar refractivity (Wildman–Crippen MR) is 131 cm³/mol. The molecule has 0 unspecified atom stereocenters. The largest absolute Gasteiger partial charge is 0.481 e. The minimum atomic E-state index is -0.0708. The van der Waals surface area contributed by atoms with E-state index in [0.29, 0.717) is 12.3 Å². The Morgan fingerprint density at radius 1 is 1.09 bits per heavy atom. The lowest BCUT2D eigenvalue weighted by atomic mass is 9.62. The molecule has 166 valence electrons. The van der Waals surface area contributed by atoms with Crippen LogP contribution in [-0.2, 0) is 5.41 Å². The van der Waals surface area contributed by atoms with E-state index < -0.39 is 0 Å². The van der Waals surface area contributed by atoms with Gasteiger partial charge in [-0.25, -0.2) is 0 Å². The number of terminal acetylenes is 1. The average molecular weight is 430 g/mol. The summed E-state index contributed by atoms with van der Waals surface area (Å²) in [5.74, 6) is 4.03. The van der Waals surface area contributed by atoms with Crippen molar-refractivity contribution in [2.24, 2.45) is 21.0 Å². The normalized spacial score (nSPS) is 17.2. The van der Waals surface area contributed by atoms with Crippen LogP contribution in [-0.4, -0.2) is 33.1 Å². The zero-order chi connectivity index (χ0) is 22.6. The SMILES string of the molecule is C#CCOc1ccc2c(c1)C1(CCCCC1)c1cc(N=NC)ccc1N2CCC(N)=NC. The van der Waals surface area contributed by atoms with Crippen LogP contribution in [0.25, 0.3) is 0 Å². The fourth-order valence-corrected chi connectivity index (χ4v) is 5.22. The number of hydrogen-bond donors (Lipinski definition) is 1. The van der Waals surface area contributed by atoms with Crippen LogP contribution < -0.4 is 15.4 Å². The van der Waals surface area contributed by atoms with E-state index in [2.05, 4.69) is 50.3 Å². The molecule has 32 heavy (non-hydrogen) atoms. The van der Waals surface area contributed by atoms with E-state index >= 15 is 0 Å². The summed E-state index contributed by atoms with van der Waals surface area (Å²) in [6, 6.07) is 12.8. The number of fused-ring (bicyclic) bond motifs is 4. The number of aliphatic imine (C=N–C) groups is 1. The second-order valence-electron chi connectivity index (χ2n) is 8.43. The van der Waals surface area contributed by atoms with Crippen LogP contribution in [0.15, 0.2) is 51.6 Å². The van der Waals surface area contributed by atoms with Crippen molar-refractivity contribution in [1.82, 2.24) is 0 Å². The summed E-state index contributed by atoms with van der Waals surface area (Å²) >= 11 is 0. The molecule has 0 amide bonds. The molecule has 6 heteroatoms. The van der Waals surface area contributed by atoms with Crippen molar-refractivity contribution >= 4 is 22.9 Å². The van der Waals surface area contributed by atoms with Crippen LogP contribution in [0, 0.1) is 12.3 Å². The van der Waals surface area contributed by atoms with Gasteiger partial charge in [0.1, 0.15) is 12.4 Å². The molecule has 0 saturated heterocycles. The van der Waals surface area contributed by atoms with Gasteiger partial charge in [-0.2, -0.15) is 10.2 Å². The third kappa shape index (κ3) is 3.95. The van der Waals surface area contributed by atoms with Crippen LogP contribution >= 0.6 is 0 Å². The number of hydrogen-bond acceptors (Lipinski definition) is 5. The van der Waals surface area contributed by atoms with Crippen molar-refractivity contribution in [2.75, 3.05) is 32.1 Å². The van der Waals surface area contributed by atoms with Crippen LogP contribution in [0.2, 0.25) is 0 Å². The number of ether oxygens (including phenoxy) is 1. The molecule has 1 heterocycles. The van der Waals surface area contributed by atoms with E-state index in [0.717, 1.165) is 30.8 Å². The second kappa shape index (κ2) is 9.44. The summed E-state index contributed by atoms with van der Waals surface area (Å²) < 4.78 is 5.83. The Labute approximate surface area is 190 Å². The predicted octanol–water partition coefficient (Wildman–Crippen LogP) is 5.49. The maximum atomic E-state index is 6.07. The van der Waals surface area contributed by atoms with Gasteiger partial charge in [-0.15, -0.1) is 6.42 Å². The Balaban J connectivity index is 1.90. The lowest BCUT2D eigenvalue weighted by Gasteiger charge is -2.47. The summed E-state index contributed by atoms with van der Waals surface area (Å²) in [7, 11) is 3.45. The van der Waals surface area contributed by atoms with Crippen molar-refractivity contribution in [3.63, 3.8) is 0 Å².